The monoisotopic (exact) mass is 310 g/mol. The Morgan fingerprint density at radius 2 is 1.90 bits per heavy atom. The standard InChI is InChI=1S/C16H16Cl2O2/c1-2-20-13-7-3-5-11(9-13)15(19)10-12-6-4-8-14(17)16(12)18/h3-9,15,19H,2,10H2,1H3. The highest BCUT2D eigenvalue weighted by molar-refractivity contribution is 6.42. The number of benzene rings is 2. The van der Waals surface area contributed by atoms with Crippen LogP contribution >= 0.6 is 23.2 Å². The average Bonchev–Trinajstić information content (AvgIpc) is 2.44. The lowest BCUT2D eigenvalue weighted by Crippen LogP contribution is -2.03. The molecule has 0 bridgehead atoms. The summed E-state index contributed by atoms with van der Waals surface area (Å²) in [4.78, 5) is 0. The van der Waals surface area contributed by atoms with Gasteiger partial charge in [-0.1, -0.05) is 47.5 Å². The Morgan fingerprint density at radius 3 is 2.65 bits per heavy atom. The lowest BCUT2D eigenvalue weighted by molar-refractivity contribution is 0.178. The van der Waals surface area contributed by atoms with Crippen LogP contribution in [0.25, 0.3) is 0 Å². The Bertz CT molecular complexity index is 584. The maximum Gasteiger partial charge on any atom is 0.119 e. The van der Waals surface area contributed by atoms with E-state index in [0.717, 1.165) is 16.9 Å². The summed E-state index contributed by atoms with van der Waals surface area (Å²) in [7, 11) is 0. The van der Waals surface area contributed by atoms with Gasteiger partial charge in [-0.05, 0) is 36.2 Å². The quantitative estimate of drug-likeness (QED) is 0.869. The third-order valence-electron chi connectivity index (χ3n) is 3.00. The summed E-state index contributed by atoms with van der Waals surface area (Å²) < 4.78 is 5.43. The van der Waals surface area contributed by atoms with Gasteiger partial charge in [0.1, 0.15) is 5.75 Å². The van der Waals surface area contributed by atoms with E-state index < -0.39 is 6.10 Å². The third kappa shape index (κ3) is 3.66. The highest BCUT2D eigenvalue weighted by Gasteiger charge is 2.13. The first-order valence-electron chi connectivity index (χ1n) is 6.45. The van der Waals surface area contributed by atoms with Crippen LogP contribution < -0.4 is 4.74 Å². The van der Waals surface area contributed by atoms with E-state index in [1.807, 2.05) is 43.3 Å². The number of aliphatic hydroxyl groups is 1. The van der Waals surface area contributed by atoms with Crippen LogP contribution in [-0.4, -0.2) is 11.7 Å². The predicted molar refractivity (Wildman–Crippen MR) is 82.7 cm³/mol. The Labute approximate surface area is 128 Å². The maximum absolute atomic E-state index is 10.3. The fourth-order valence-corrected chi connectivity index (χ4v) is 2.41. The van der Waals surface area contributed by atoms with Crippen molar-refractivity contribution in [3.8, 4) is 5.75 Å². The first-order valence-corrected chi connectivity index (χ1v) is 7.21. The van der Waals surface area contributed by atoms with Crippen molar-refractivity contribution in [2.75, 3.05) is 6.61 Å². The van der Waals surface area contributed by atoms with Crippen molar-refractivity contribution in [1.29, 1.82) is 0 Å². The van der Waals surface area contributed by atoms with Crippen molar-refractivity contribution in [2.24, 2.45) is 0 Å². The zero-order chi connectivity index (χ0) is 14.5. The van der Waals surface area contributed by atoms with Crippen LogP contribution in [0.5, 0.6) is 5.75 Å². The Hall–Kier alpha value is -1.22. The second-order valence-corrected chi connectivity index (χ2v) is 5.22. The molecule has 0 aliphatic carbocycles. The van der Waals surface area contributed by atoms with E-state index in [4.69, 9.17) is 27.9 Å². The molecule has 0 heterocycles. The zero-order valence-corrected chi connectivity index (χ0v) is 12.7. The molecular formula is C16H16Cl2O2. The van der Waals surface area contributed by atoms with E-state index in [1.165, 1.54) is 0 Å². The minimum Gasteiger partial charge on any atom is -0.494 e. The Morgan fingerprint density at radius 1 is 1.15 bits per heavy atom. The van der Waals surface area contributed by atoms with Gasteiger partial charge in [-0.25, -0.2) is 0 Å². The van der Waals surface area contributed by atoms with Crippen LogP contribution in [0.2, 0.25) is 10.0 Å². The first kappa shape index (κ1) is 15.2. The molecule has 0 amide bonds. The lowest BCUT2D eigenvalue weighted by atomic mass is 10.0. The molecule has 1 N–H and O–H groups in total. The van der Waals surface area contributed by atoms with Gasteiger partial charge in [-0.15, -0.1) is 0 Å². The van der Waals surface area contributed by atoms with E-state index in [1.54, 1.807) is 6.07 Å². The van der Waals surface area contributed by atoms with Gasteiger partial charge in [-0.3, -0.25) is 0 Å². The topological polar surface area (TPSA) is 29.5 Å². The third-order valence-corrected chi connectivity index (χ3v) is 3.86. The molecule has 0 aliphatic rings. The number of hydrogen-bond acceptors (Lipinski definition) is 2. The number of ether oxygens (including phenoxy) is 1. The van der Waals surface area contributed by atoms with Gasteiger partial charge in [-0.2, -0.15) is 0 Å². The van der Waals surface area contributed by atoms with Crippen molar-refractivity contribution in [3.63, 3.8) is 0 Å². The Kier molecular flexibility index (Phi) is 5.30. The minimum absolute atomic E-state index is 0.412. The summed E-state index contributed by atoms with van der Waals surface area (Å²) >= 11 is 12.1. The van der Waals surface area contributed by atoms with Gasteiger partial charge in [0, 0.05) is 6.42 Å². The molecular weight excluding hydrogens is 295 g/mol. The van der Waals surface area contributed by atoms with Crippen LogP contribution in [0.15, 0.2) is 42.5 Å². The van der Waals surface area contributed by atoms with Crippen LogP contribution in [-0.2, 0) is 6.42 Å². The molecule has 2 nitrogen and oxygen atoms in total. The van der Waals surface area contributed by atoms with Crippen molar-refractivity contribution in [2.45, 2.75) is 19.4 Å². The van der Waals surface area contributed by atoms with E-state index in [0.29, 0.717) is 23.1 Å². The number of hydrogen-bond donors (Lipinski definition) is 1. The molecule has 0 saturated carbocycles. The molecule has 2 rings (SSSR count). The summed E-state index contributed by atoms with van der Waals surface area (Å²) in [5, 5.41) is 11.3. The molecule has 1 unspecified atom stereocenters. The number of rotatable bonds is 5. The molecule has 20 heavy (non-hydrogen) atoms. The molecule has 0 spiro atoms. The van der Waals surface area contributed by atoms with Gasteiger partial charge >= 0.3 is 0 Å². The number of halogens is 2. The molecule has 106 valence electrons. The summed E-state index contributed by atoms with van der Waals surface area (Å²) in [6, 6.07) is 12.9. The molecule has 0 fully saturated rings. The summed E-state index contributed by atoms with van der Waals surface area (Å²) in [5.41, 5.74) is 1.63. The van der Waals surface area contributed by atoms with Crippen LogP contribution in [0.3, 0.4) is 0 Å². The van der Waals surface area contributed by atoms with E-state index in [9.17, 15) is 5.11 Å². The largest absolute Gasteiger partial charge is 0.494 e. The molecule has 0 aromatic heterocycles. The first-order chi connectivity index (χ1) is 9.61. The molecule has 0 aliphatic heterocycles. The molecule has 4 heteroatoms. The molecule has 1 atom stereocenters. The van der Waals surface area contributed by atoms with E-state index in [2.05, 4.69) is 0 Å². The molecule has 0 saturated heterocycles. The van der Waals surface area contributed by atoms with Crippen LogP contribution in [0.1, 0.15) is 24.2 Å². The van der Waals surface area contributed by atoms with Crippen molar-refractivity contribution >= 4 is 23.2 Å². The lowest BCUT2D eigenvalue weighted by Gasteiger charge is -2.14. The molecule has 2 aromatic rings. The molecule has 2 aromatic carbocycles. The highest BCUT2D eigenvalue weighted by atomic mass is 35.5. The molecule has 0 radical (unpaired) electrons. The zero-order valence-electron chi connectivity index (χ0n) is 11.1. The van der Waals surface area contributed by atoms with Crippen LogP contribution in [0, 0.1) is 0 Å². The fourth-order valence-electron chi connectivity index (χ4n) is 2.01. The second kappa shape index (κ2) is 6.98. The van der Waals surface area contributed by atoms with Crippen molar-refractivity contribution in [1.82, 2.24) is 0 Å². The minimum atomic E-state index is -0.647. The number of aliphatic hydroxyl groups excluding tert-OH is 1. The van der Waals surface area contributed by atoms with E-state index in [-0.39, 0.29) is 0 Å². The van der Waals surface area contributed by atoms with Gasteiger partial charge in [0.15, 0.2) is 0 Å². The fraction of sp³-hybridized carbons (Fsp3) is 0.250. The second-order valence-electron chi connectivity index (χ2n) is 4.44. The van der Waals surface area contributed by atoms with Gasteiger partial charge in [0.25, 0.3) is 0 Å². The summed E-state index contributed by atoms with van der Waals surface area (Å²) in [6.45, 7) is 2.52. The normalized spacial score (nSPS) is 12.2. The Balaban J connectivity index is 2.17. The van der Waals surface area contributed by atoms with Gasteiger partial charge in [0.05, 0.1) is 22.8 Å². The summed E-state index contributed by atoms with van der Waals surface area (Å²) in [5.74, 6) is 0.751. The van der Waals surface area contributed by atoms with E-state index >= 15 is 0 Å². The SMILES string of the molecule is CCOc1cccc(C(O)Cc2cccc(Cl)c2Cl)c1. The average molecular weight is 311 g/mol. The van der Waals surface area contributed by atoms with Gasteiger partial charge < -0.3 is 9.84 Å². The van der Waals surface area contributed by atoms with Gasteiger partial charge in [0.2, 0.25) is 0 Å². The summed E-state index contributed by atoms with van der Waals surface area (Å²) in [6.07, 6.45) is -0.235. The smallest absolute Gasteiger partial charge is 0.119 e. The predicted octanol–water partition coefficient (Wildman–Crippen LogP) is 4.67. The maximum atomic E-state index is 10.3. The van der Waals surface area contributed by atoms with Crippen molar-refractivity contribution in [3.05, 3.63) is 63.6 Å². The highest BCUT2D eigenvalue weighted by Crippen LogP contribution is 2.30. The van der Waals surface area contributed by atoms with Crippen LogP contribution in [0.4, 0.5) is 0 Å². The van der Waals surface area contributed by atoms with Crippen molar-refractivity contribution < 1.29 is 9.84 Å².